The number of carbonyl (C=O) groups excluding carboxylic acids is 1. The monoisotopic (exact) mass is 238 g/mol. The first-order valence-corrected chi connectivity index (χ1v) is 6.18. The summed E-state index contributed by atoms with van der Waals surface area (Å²) in [6.45, 7) is 3.03. The van der Waals surface area contributed by atoms with Crippen LogP contribution in [0, 0.1) is 5.92 Å². The quantitative estimate of drug-likeness (QED) is 0.765. The van der Waals surface area contributed by atoms with E-state index in [0.717, 1.165) is 19.6 Å². The highest BCUT2D eigenvalue weighted by Crippen LogP contribution is 2.08. The van der Waals surface area contributed by atoms with Crippen molar-refractivity contribution in [3.05, 3.63) is 0 Å². The molecule has 0 aliphatic carbocycles. The van der Waals surface area contributed by atoms with Gasteiger partial charge in [0.15, 0.2) is 0 Å². The summed E-state index contributed by atoms with van der Waals surface area (Å²) in [5.74, 6) is 1.39. The average molecular weight is 239 g/mol. The molecule has 2 N–H and O–H groups in total. The van der Waals surface area contributed by atoms with Gasteiger partial charge in [-0.15, -0.1) is 12.4 Å². The molecule has 1 saturated heterocycles. The summed E-state index contributed by atoms with van der Waals surface area (Å²) in [6.07, 6.45) is 4.43. The van der Waals surface area contributed by atoms with Crippen LogP contribution in [-0.2, 0) is 4.79 Å². The van der Waals surface area contributed by atoms with Crippen molar-refractivity contribution in [1.82, 2.24) is 10.6 Å². The van der Waals surface area contributed by atoms with E-state index in [9.17, 15) is 4.79 Å². The third kappa shape index (κ3) is 5.73. The van der Waals surface area contributed by atoms with E-state index < -0.39 is 0 Å². The molecule has 1 heterocycles. The van der Waals surface area contributed by atoms with Gasteiger partial charge in [-0.2, -0.15) is 11.8 Å². The minimum absolute atomic E-state index is 0. The van der Waals surface area contributed by atoms with Crippen molar-refractivity contribution in [2.24, 2.45) is 5.92 Å². The maximum Gasteiger partial charge on any atom is 0.229 e. The second-order valence-corrected chi connectivity index (χ2v) is 4.32. The Morgan fingerprint density at radius 2 is 2.43 bits per heavy atom. The molecule has 0 radical (unpaired) electrons. The van der Waals surface area contributed by atoms with E-state index in [1.54, 1.807) is 11.8 Å². The Morgan fingerprint density at radius 3 is 3.00 bits per heavy atom. The fraction of sp³-hybridized carbons (Fsp3) is 0.889. The van der Waals surface area contributed by atoms with Crippen molar-refractivity contribution in [2.75, 3.05) is 31.6 Å². The summed E-state index contributed by atoms with van der Waals surface area (Å²) in [6, 6.07) is 0. The molecule has 0 saturated carbocycles. The lowest BCUT2D eigenvalue weighted by molar-refractivity contribution is -0.118. The van der Waals surface area contributed by atoms with Crippen LogP contribution in [0.2, 0.25) is 0 Å². The number of halogens is 1. The molecular formula is C9H19ClN2OS. The average Bonchev–Trinajstić information content (AvgIpc) is 2.17. The van der Waals surface area contributed by atoms with E-state index in [2.05, 4.69) is 10.6 Å². The van der Waals surface area contributed by atoms with Crippen molar-refractivity contribution < 1.29 is 4.79 Å². The number of hydrogen-bond donors (Lipinski definition) is 2. The van der Waals surface area contributed by atoms with Gasteiger partial charge in [0.05, 0.1) is 5.75 Å². The van der Waals surface area contributed by atoms with E-state index in [1.165, 1.54) is 12.8 Å². The lowest BCUT2D eigenvalue weighted by Gasteiger charge is -2.22. The number of nitrogens with one attached hydrogen (secondary N) is 2. The Labute approximate surface area is 96.2 Å². The number of carbonyl (C=O) groups is 1. The maximum absolute atomic E-state index is 11.1. The van der Waals surface area contributed by atoms with Gasteiger partial charge in [-0.25, -0.2) is 0 Å². The van der Waals surface area contributed by atoms with E-state index in [0.29, 0.717) is 11.7 Å². The molecule has 84 valence electrons. The first-order valence-electron chi connectivity index (χ1n) is 4.79. The topological polar surface area (TPSA) is 41.1 Å². The molecule has 0 aromatic carbocycles. The van der Waals surface area contributed by atoms with Crippen molar-refractivity contribution in [2.45, 2.75) is 12.8 Å². The highest BCUT2D eigenvalue weighted by atomic mass is 35.5. The second kappa shape index (κ2) is 8.38. The minimum atomic E-state index is 0. The van der Waals surface area contributed by atoms with Crippen molar-refractivity contribution in [3.63, 3.8) is 0 Å². The third-order valence-corrected chi connectivity index (χ3v) is 2.81. The summed E-state index contributed by atoms with van der Waals surface area (Å²) < 4.78 is 0. The van der Waals surface area contributed by atoms with Crippen molar-refractivity contribution in [3.8, 4) is 0 Å². The fourth-order valence-electron chi connectivity index (χ4n) is 1.54. The summed E-state index contributed by atoms with van der Waals surface area (Å²) in [4.78, 5) is 11.1. The normalized spacial score (nSPS) is 21.1. The molecule has 1 unspecified atom stereocenters. The van der Waals surface area contributed by atoms with Gasteiger partial charge in [0.2, 0.25) is 5.91 Å². The lowest BCUT2D eigenvalue weighted by Crippen LogP contribution is -2.38. The zero-order valence-corrected chi connectivity index (χ0v) is 10.2. The molecule has 1 amide bonds. The van der Waals surface area contributed by atoms with Crippen LogP contribution in [0.4, 0.5) is 0 Å². The molecule has 14 heavy (non-hydrogen) atoms. The molecule has 1 aliphatic heterocycles. The smallest absolute Gasteiger partial charge is 0.229 e. The Bertz CT molecular complexity index is 163. The van der Waals surface area contributed by atoms with Gasteiger partial charge in [0.1, 0.15) is 0 Å². The van der Waals surface area contributed by atoms with E-state index in [-0.39, 0.29) is 18.3 Å². The van der Waals surface area contributed by atoms with Crippen LogP contribution >= 0.6 is 24.2 Å². The van der Waals surface area contributed by atoms with Gasteiger partial charge in [-0.3, -0.25) is 4.79 Å². The zero-order chi connectivity index (χ0) is 9.52. The minimum Gasteiger partial charge on any atom is -0.355 e. The molecule has 5 heteroatoms. The number of hydrogen-bond acceptors (Lipinski definition) is 3. The third-order valence-electron chi connectivity index (χ3n) is 2.26. The predicted molar refractivity (Wildman–Crippen MR) is 64.2 cm³/mol. The second-order valence-electron chi connectivity index (χ2n) is 3.45. The molecule has 1 fully saturated rings. The van der Waals surface area contributed by atoms with Gasteiger partial charge in [0, 0.05) is 6.54 Å². The number of piperidine rings is 1. The van der Waals surface area contributed by atoms with E-state index in [4.69, 9.17) is 0 Å². The van der Waals surface area contributed by atoms with Crippen LogP contribution in [0.1, 0.15) is 12.8 Å². The summed E-state index contributed by atoms with van der Waals surface area (Å²) in [7, 11) is 0. The van der Waals surface area contributed by atoms with Crippen LogP contribution in [0.5, 0.6) is 0 Å². The molecule has 1 atom stereocenters. The number of rotatable bonds is 4. The highest BCUT2D eigenvalue weighted by molar-refractivity contribution is 7.99. The van der Waals surface area contributed by atoms with Crippen LogP contribution in [0.15, 0.2) is 0 Å². The first kappa shape index (κ1) is 14.1. The summed E-state index contributed by atoms with van der Waals surface area (Å²) in [5, 5.41) is 6.29. The predicted octanol–water partition coefficient (Wildman–Crippen LogP) is 0.887. The van der Waals surface area contributed by atoms with Gasteiger partial charge in [-0.1, -0.05) is 0 Å². The molecule has 0 bridgehead atoms. The van der Waals surface area contributed by atoms with Gasteiger partial charge in [0.25, 0.3) is 0 Å². The van der Waals surface area contributed by atoms with E-state index >= 15 is 0 Å². The first-order chi connectivity index (χ1) is 6.33. The maximum atomic E-state index is 11.1. The lowest BCUT2D eigenvalue weighted by atomic mass is 10.00. The Kier molecular flexibility index (Phi) is 8.43. The number of thioether (sulfide) groups is 1. The Balaban J connectivity index is 0.00000169. The molecular weight excluding hydrogens is 220 g/mol. The molecule has 1 rings (SSSR count). The Morgan fingerprint density at radius 1 is 1.64 bits per heavy atom. The van der Waals surface area contributed by atoms with Crippen LogP contribution in [0.25, 0.3) is 0 Å². The fourth-order valence-corrected chi connectivity index (χ4v) is 1.90. The van der Waals surface area contributed by atoms with Gasteiger partial charge >= 0.3 is 0 Å². The van der Waals surface area contributed by atoms with Crippen LogP contribution < -0.4 is 10.6 Å². The largest absolute Gasteiger partial charge is 0.355 e. The van der Waals surface area contributed by atoms with Crippen LogP contribution in [0.3, 0.4) is 0 Å². The van der Waals surface area contributed by atoms with Crippen molar-refractivity contribution >= 4 is 30.1 Å². The SMILES string of the molecule is CSCC(=O)NCC1CCCNC1.Cl. The summed E-state index contributed by atoms with van der Waals surface area (Å²) in [5.41, 5.74) is 0. The molecule has 0 aromatic heterocycles. The Hall–Kier alpha value is 0.0700. The number of amides is 1. The van der Waals surface area contributed by atoms with Crippen molar-refractivity contribution in [1.29, 1.82) is 0 Å². The molecule has 3 nitrogen and oxygen atoms in total. The molecule has 0 aromatic rings. The van der Waals surface area contributed by atoms with Crippen LogP contribution in [-0.4, -0.2) is 37.6 Å². The zero-order valence-electron chi connectivity index (χ0n) is 8.54. The highest BCUT2D eigenvalue weighted by Gasteiger charge is 2.13. The van der Waals surface area contributed by atoms with E-state index in [1.807, 2.05) is 6.26 Å². The molecule has 1 aliphatic rings. The molecule has 0 spiro atoms. The standard InChI is InChI=1S/C9H18N2OS.ClH/c1-13-7-9(12)11-6-8-3-2-4-10-5-8;/h8,10H,2-7H2,1H3,(H,11,12);1H. The van der Waals surface area contributed by atoms with Gasteiger partial charge < -0.3 is 10.6 Å². The summed E-state index contributed by atoms with van der Waals surface area (Å²) >= 11 is 1.57. The van der Waals surface area contributed by atoms with Gasteiger partial charge in [-0.05, 0) is 38.1 Å².